The van der Waals surface area contributed by atoms with Crippen LogP contribution in [0.3, 0.4) is 0 Å². The lowest BCUT2D eigenvalue weighted by molar-refractivity contribution is -0.144. The summed E-state index contributed by atoms with van der Waals surface area (Å²) in [5.41, 5.74) is 5.09. The summed E-state index contributed by atoms with van der Waals surface area (Å²) in [6.07, 6.45) is 3.32. The Labute approximate surface area is 325 Å². The molecule has 0 aromatic heterocycles. The third kappa shape index (κ3) is 8.40. The molecule has 0 spiro atoms. The van der Waals surface area contributed by atoms with Gasteiger partial charge in [0.15, 0.2) is 0 Å². The minimum absolute atomic E-state index is 0.128. The SMILES string of the molecule is O=C1[C@@H]2[C@@H](CC(COc3ccccc3)=C([C@H](O)CC/C(=C/c3cc(Br)ccc3O)c3ccccc3)[C@@H]2CO)C(=O)N1C1CCN(Cc2ccccc2)CC1. The molecule has 0 radical (unpaired) electrons. The minimum Gasteiger partial charge on any atom is -0.507 e. The van der Waals surface area contributed by atoms with Gasteiger partial charge < -0.3 is 20.1 Å². The molecular weight excluding hydrogens is 744 g/mol. The number of aliphatic hydroxyl groups excluding tert-OH is 2. The summed E-state index contributed by atoms with van der Waals surface area (Å²) in [5, 5.41) is 33.8. The lowest BCUT2D eigenvalue weighted by atomic mass is 9.68. The summed E-state index contributed by atoms with van der Waals surface area (Å²) >= 11 is 3.51. The summed E-state index contributed by atoms with van der Waals surface area (Å²) in [4.78, 5) is 32.5. The van der Waals surface area contributed by atoms with Crippen LogP contribution in [0.15, 0.2) is 125 Å². The van der Waals surface area contributed by atoms with E-state index in [1.165, 1.54) is 10.5 Å². The lowest BCUT2D eigenvalue weighted by Crippen LogP contribution is -2.47. The summed E-state index contributed by atoms with van der Waals surface area (Å²) in [6, 6.07) is 34.6. The van der Waals surface area contributed by atoms with Gasteiger partial charge in [0, 0.05) is 41.6 Å². The van der Waals surface area contributed by atoms with Crippen molar-refractivity contribution in [1.82, 2.24) is 9.80 Å². The molecule has 0 unspecified atom stereocenters. The van der Waals surface area contributed by atoms with E-state index < -0.39 is 23.9 Å². The lowest BCUT2D eigenvalue weighted by Gasteiger charge is -2.37. The number of carbonyl (C=O) groups is 2. The second-order valence-electron chi connectivity index (χ2n) is 14.6. The molecule has 4 atom stereocenters. The molecule has 2 saturated heterocycles. The van der Waals surface area contributed by atoms with Crippen molar-refractivity contribution in [2.45, 2.75) is 50.8 Å². The first-order valence-corrected chi connectivity index (χ1v) is 19.7. The number of fused-ring (bicyclic) bond motifs is 1. The fourth-order valence-corrected chi connectivity index (χ4v) is 8.95. The number of hydrogen-bond acceptors (Lipinski definition) is 7. The summed E-state index contributed by atoms with van der Waals surface area (Å²) < 4.78 is 7.05. The molecular formula is C45H47BrN2O6. The zero-order valence-corrected chi connectivity index (χ0v) is 31.9. The van der Waals surface area contributed by atoms with Gasteiger partial charge in [-0.15, -0.1) is 0 Å². The number of nitrogens with zero attached hydrogens (tertiary/aromatic N) is 2. The predicted octanol–water partition coefficient (Wildman–Crippen LogP) is 7.49. The molecule has 2 fully saturated rings. The van der Waals surface area contributed by atoms with Gasteiger partial charge >= 0.3 is 0 Å². The number of imide groups is 1. The molecule has 3 aliphatic rings. The summed E-state index contributed by atoms with van der Waals surface area (Å²) in [6.45, 7) is 2.14. The molecule has 2 heterocycles. The van der Waals surface area contributed by atoms with Crippen LogP contribution in [0.4, 0.5) is 0 Å². The monoisotopic (exact) mass is 790 g/mol. The number of benzene rings is 4. The van der Waals surface area contributed by atoms with Crippen LogP contribution < -0.4 is 4.74 Å². The Hall–Kier alpha value is -4.54. The minimum atomic E-state index is -1.01. The third-order valence-electron chi connectivity index (χ3n) is 11.3. The van der Waals surface area contributed by atoms with Gasteiger partial charge in [0.2, 0.25) is 11.8 Å². The number of phenols is 1. The molecule has 0 saturated carbocycles. The third-order valence-corrected chi connectivity index (χ3v) is 11.7. The number of phenolic OH excluding ortho intramolecular Hbond substituents is 1. The molecule has 9 heteroatoms. The number of aliphatic hydroxyl groups is 2. The number of para-hydroxylation sites is 1. The maximum absolute atomic E-state index is 14.4. The zero-order chi connectivity index (χ0) is 37.6. The van der Waals surface area contributed by atoms with Crippen molar-refractivity contribution in [3.8, 4) is 11.5 Å². The molecule has 3 N–H and O–H groups in total. The quantitative estimate of drug-likeness (QED) is 0.0732. The molecule has 54 heavy (non-hydrogen) atoms. The van der Waals surface area contributed by atoms with Crippen LogP contribution in [-0.2, 0) is 16.1 Å². The van der Waals surface area contributed by atoms with E-state index in [0.29, 0.717) is 42.6 Å². The second kappa shape index (κ2) is 17.3. The van der Waals surface area contributed by atoms with Crippen molar-refractivity contribution in [3.05, 3.63) is 142 Å². The van der Waals surface area contributed by atoms with Crippen molar-refractivity contribution in [3.63, 3.8) is 0 Å². The molecule has 4 aromatic rings. The first kappa shape index (κ1) is 37.8. The molecule has 0 bridgehead atoms. The van der Waals surface area contributed by atoms with Gasteiger partial charge in [-0.1, -0.05) is 94.8 Å². The highest BCUT2D eigenvalue weighted by atomic mass is 79.9. The molecule has 2 amide bonds. The number of allylic oxidation sites excluding steroid dienone is 1. The van der Waals surface area contributed by atoms with Crippen molar-refractivity contribution >= 4 is 39.4 Å². The van der Waals surface area contributed by atoms with Crippen molar-refractivity contribution < 1.29 is 29.6 Å². The number of piperidine rings is 1. The van der Waals surface area contributed by atoms with Gasteiger partial charge in [0.25, 0.3) is 0 Å². The van der Waals surface area contributed by atoms with Crippen LogP contribution in [-0.4, -0.2) is 75.4 Å². The van der Waals surface area contributed by atoms with E-state index in [2.05, 4.69) is 33.0 Å². The van der Waals surface area contributed by atoms with Crippen LogP contribution in [0.25, 0.3) is 11.6 Å². The van der Waals surface area contributed by atoms with Gasteiger partial charge in [-0.3, -0.25) is 19.4 Å². The number of carbonyl (C=O) groups excluding carboxylic acids is 2. The average Bonchev–Trinajstić information content (AvgIpc) is 3.45. The molecule has 1 aliphatic carbocycles. The largest absolute Gasteiger partial charge is 0.507 e. The van der Waals surface area contributed by atoms with Crippen molar-refractivity contribution in [2.75, 3.05) is 26.3 Å². The first-order chi connectivity index (χ1) is 26.3. The number of aromatic hydroxyl groups is 1. The fraction of sp³-hybridized carbons (Fsp3) is 0.333. The number of rotatable bonds is 13. The summed E-state index contributed by atoms with van der Waals surface area (Å²) in [5.74, 6) is -1.73. The Morgan fingerprint density at radius 2 is 1.56 bits per heavy atom. The van der Waals surface area contributed by atoms with Gasteiger partial charge in [-0.25, -0.2) is 0 Å². The Morgan fingerprint density at radius 3 is 2.24 bits per heavy atom. The van der Waals surface area contributed by atoms with Crippen LogP contribution in [0.2, 0.25) is 0 Å². The number of likely N-dealkylation sites (tertiary alicyclic amines) is 2. The zero-order valence-electron chi connectivity index (χ0n) is 30.3. The highest BCUT2D eigenvalue weighted by Crippen LogP contribution is 2.47. The van der Waals surface area contributed by atoms with E-state index >= 15 is 0 Å². The Balaban J connectivity index is 1.14. The van der Waals surface area contributed by atoms with E-state index in [-0.39, 0.29) is 43.2 Å². The van der Waals surface area contributed by atoms with Crippen molar-refractivity contribution in [2.24, 2.45) is 17.8 Å². The van der Waals surface area contributed by atoms with Crippen LogP contribution >= 0.6 is 15.9 Å². The highest BCUT2D eigenvalue weighted by molar-refractivity contribution is 9.10. The number of amides is 2. The Kier molecular flexibility index (Phi) is 12.1. The average molecular weight is 792 g/mol. The maximum Gasteiger partial charge on any atom is 0.234 e. The maximum atomic E-state index is 14.4. The standard InChI is InChI=1S/C45H47BrN2O6/c46-35-17-19-40(50)33(25-35)24-32(31-12-6-2-7-13-31)16-18-41(51)42-34(29-54-37-14-8-3-9-15-37)26-38-43(39(42)28-49)45(53)48(44(38)52)36-20-22-47(23-21-36)27-30-10-4-1-5-11-30/h1-15,17,19,24-25,36,38-39,41,43,49-51H,16,18,20-23,26-29H2/b32-24-/t38-,39+,41-,43-/m1/s1. The molecule has 2 aliphatic heterocycles. The van der Waals surface area contributed by atoms with Crippen molar-refractivity contribution in [1.29, 1.82) is 0 Å². The van der Waals surface area contributed by atoms with Gasteiger partial charge in [-0.2, -0.15) is 0 Å². The fourth-order valence-electron chi connectivity index (χ4n) is 8.57. The number of halogens is 1. The normalized spacial score (nSPS) is 21.7. The van der Waals surface area contributed by atoms with Crippen LogP contribution in [0.5, 0.6) is 11.5 Å². The Morgan fingerprint density at radius 1 is 0.889 bits per heavy atom. The Bertz CT molecular complexity index is 1980. The van der Waals surface area contributed by atoms with E-state index in [0.717, 1.165) is 40.8 Å². The van der Waals surface area contributed by atoms with Crippen LogP contribution in [0.1, 0.15) is 48.8 Å². The van der Waals surface area contributed by atoms with E-state index in [9.17, 15) is 24.9 Å². The van der Waals surface area contributed by atoms with Gasteiger partial charge in [-0.05, 0) is 96.4 Å². The van der Waals surface area contributed by atoms with E-state index in [1.807, 2.05) is 91.0 Å². The molecule has 8 nitrogen and oxygen atoms in total. The molecule has 280 valence electrons. The van der Waals surface area contributed by atoms with Gasteiger partial charge in [0.05, 0.1) is 24.5 Å². The smallest absolute Gasteiger partial charge is 0.234 e. The second-order valence-corrected chi connectivity index (χ2v) is 15.5. The van der Waals surface area contributed by atoms with Gasteiger partial charge in [0.1, 0.15) is 18.1 Å². The molecule has 7 rings (SSSR count). The highest BCUT2D eigenvalue weighted by Gasteiger charge is 2.56. The number of hydrogen-bond donors (Lipinski definition) is 3. The number of ether oxygens (including phenoxy) is 1. The molecule has 4 aromatic carbocycles. The van der Waals surface area contributed by atoms with E-state index in [4.69, 9.17) is 4.74 Å². The first-order valence-electron chi connectivity index (χ1n) is 18.9. The van der Waals surface area contributed by atoms with E-state index in [1.54, 1.807) is 12.1 Å². The predicted molar refractivity (Wildman–Crippen MR) is 213 cm³/mol. The topological polar surface area (TPSA) is 111 Å². The summed E-state index contributed by atoms with van der Waals surface area (Å²) in [7, 11) is 0. The van der Waals surface area contributed by atoms with Crippen LogP contribution in [0, 0.1) is 17.8 Å².